The monoisotopic (exact) mass is 498 g/mol. The molecule has 0 saturated heterocycles. The molecule has 1 aliphatic carbocycles. The lowest BCUT2D eigenvalue weighted by atomic mass is 9.71. The Morgan fingerprint density at radius 2 is 1.76 bits per heavy atom. The molecule has 2 aliphatic rings. The van der Waals surface area contributed by atoms with Gasteiger partial charge in [0.05, 0.1) is 7.11 Å². The minimum absolute atomic E-state index is 0.0253. The summed E-state index contributed by atoms with van der Waals surface area (Å²) < 4.78 is 18.7. The summed E-state index contributed by atoms with van der Waals surface area (Å²) >= 11 is 0. The highest BCUT2D eigenvalue weighted by atomic mass is 19.1. The van der Waals surface area contributed by atoms with Gasteiger partial charge in [-0.3, -0.25) is 9.59 Å². The van der Waals surface area contributed by atoms with Gasteiger partial charge in [-0.1, -0.05) is 36.4 Å². The van der Waals surface area contributed by atoms with E-state index >= 15 is 0 Å². The lowest BCUT2D eigenvalue weighted by Gasteiger charge is -2.37. The third-order valence-corrected chi connectivity index (χ3v) is 6.98. The minimum Gasteiger partial charge on any atom is -0.504 e. The summed E-state index contributed by atoms with van der Waals surface area (Å²) in [6, 6.07) is 20.3. The Bertz CT molecular complexity index is 1430. The molecule has 0 aromatic heterocycles. The molecule has 188 valence electrons. The standard InChI is InChI=1S/C30H27FN2O4/c1-17-27(30(36)33-22-11-9-21(31)10-12-22)28(19-8-13-24(34)26(16-19)37-2)29-23(32-17)14-20(15-25(29)35)18-6-4-3-5-7-18/h3-13,16,20,28,32,34H,14-15H2,1-2H3,(H,33,36). The fourth-order valence-electron chi connectivity index (χ4n) is 5.24. The highest BCUT2D eigenvalue weighted by Crippen LogP contribution is 2.46. The van der Waals surface area contributed by atoms with E-state index in [0.717, 1.165) is 11.3 Å². The molecule has 3 aromatic rings. The van der Waals surface area contributed by atoms with Gasteiger partial charge in [0, 0.05) is 40.6 Å². The van der Waals surface area contributed by atoms with Crippen LogP contribution in [0.4, 0.5) is 10.1 Å². The maximum absolute atomic E-state index is 13.7. The van der Waals surface area contributed by atoms with Crippen LogP contribution in [0.5, 0.6) is 11.5 Å². The molecule has 2 atom stereocenters. The van der Waals surface area contributed by atoms with Crippen LogP contribution in [0.3, 0.4) is 0 Å². The topological polar surface area (TPSA) is 87.7 Å². The van der Waals surface area contributed by atoms with Crippen molar-refractivity contribution in [1.82, 2.24) is 5.32 Å². The highest BCUT2D eigenvalue weighted by molar-refractivity contribution is 6.10. The maximum Gasteiger partial charge on any atom is 0.254 e. The van der Waals surface area contributed by atoms with Crippen LogP contribution in [-0.2, 0) is 9.59 Å². The number of amides is 1. The van der Waals surface area contributed by atoms with Crippen LogP contribution in [-0.4, -0.2) is 23.9 Å². The van der Waals surface area contributed by atoms with Crippen molar-refractivity contribution >= 4 is 17.4 Å². The molecule has 37 heavy (non-hydrogen) atoms. The van der Waals surface area contributed by atoms with Crippen LogP contribution in [0.2, 0.25) is 0 Å². The zero-order valence-corrected chi connectivity index (χ0v) is 20.5. The summed E-state index contributed by atoms with van der Waals surface area (Å²) in [6.07, 6.45) is 0.948. The van der Waals surface area contributed by atoms with E-state index in [2.05, 4.69) is 10.6 Å². The van der Waals surface area contributed by atoms with Gasteiger partial charge in [-0.15, -0.1) is 0 Å². The molecule has 0 spiro atoms. The second kappa shape index (κ2) is 9.93. The van der Waals surface area contributed by atoms with E-state index in [1.54, 1.807) is 12.1 Å². The van der Waals surface area contributed by atoms with Crippen LogP contribution >= 0.6 is 0 Å². The minimum atomic E-state index is -0.671. The number of carbonyl (C=O) groups is 2. The number of halogens is 1. The number of aromatic hydroxyl groups is 1. The molecule has 0 fully saturated rings. The van der Waals surface area contributed by atoms with E-state index in [0.29, 0.717) is 40.9 Å². The molecule has 5 rings (SSSR count). The number of hydrogen-bond donors (Lipinski definition) is 3. The molecule has 6 nitrogen and oxygen atoms in total. The Hall–Kier alpha value is -4.39. The number of phenols is 1. The van der Waals surface area contributed by atoms with Crippen molar-refractivity contribution in [2.45, 2.75) is 31.6 Å². The third kappa shape index (κ3) is 4.72. The number of phenolic OH excluding ortho intramolecular Hbond substituents is 1. The molecule has 0 saturated carbocycles. The molecule has 3 N–H and O–H groups in total. The molecule has 1 aliphatic heterocycles. The normalized spacial score (nSPS) is 19.3. The van der Waals surface area contributed by atoms with E-state index in [1.807, 2.05) is 37.3 Å². The summed E-state index contributed by atoms with van der Waals surface area (Å²) in [5.41, 5.74) is 4.51. The first-order chi connectivity index (χ1) is 17.9. The number of hydrogen-bond acceptors (Lipinski definition) is 5. The van der Waals surface area contributed by atoms with Gasteiger partial charge in [0.2, 0.25) is 0 Å². The van der Waals surface area contributed by atoms with Crippen molar-refractivity contribution < 1.29 is 23.8 Å². The number of Topliss-reactive ketones (excluding diaryl/α,β-unsaturated/α-hetero) is 1. The number of benzene rings is 3. The predicted molar refractivity (Wildman–Crippen MR) is 139 cm³/mol. The molecule has 7 heteroatoms. The summed E-state index contributed by atoms with van der Waals surface area (Å²) in [5.74, 6) is -1.28. The largest absolute Gasteiger partial charge is 0.504 e. The maximum atomic E-state index is 13.7. The smallest absolute Gasteiger partial charge is 0.254 e. The quantitative estimate of drug-likeness (QED) is 0.430. The zero-order valence-electron chi connectivity index (χ0n) is 20.5. The van der Waals surface area contributed by atoms with Crippen LogP contribution in [0.1, 0.15) is 42.7 Å². The van der Waals surface area contributed by atoms with Gasteiger partial charge in [0.1, 0.15) is 5.82 Å². The number of allylic oxidation sites excluding steroid dienone is 3. The number of dihydropyridines is 1. The Balaban J connectivity index is 1.59. The number of carbonyl (C=O) groups excluding carboxylic acids is 2. The van der Waals surface area contributed by atoms with Gasteiger partial charge in [0.25, 0.3) is 5.91 Å². The first kappa shape index (κ1) is 24.3. The van der Waals surface area contributed by atoms with E-state index in [4.69, 9.17) is 4.74 Å². The average molecular weight is 499 g/mol. The highest BCUT2D eigenvalue weighted by Gasteiger charge is 2.41. The SMILES string of the molecule is COc1cc(C2C(C(=O)Nc3ccc(F)cc3)=C(C)NC3=C2C(=O)CC(c2ccccc2)C3)ccc1O. The fourth-order valence-corrected chi connectivity index (χ4v) is 5.24. The van der Waals surface area contributed by atoms with Crippen molar-refractivity contribution in [3.8, 4) is 11.5 Å². The molecular formula is C30H27FN2O4. The zero-order chi connectivity index (χ0) is 26.1. The number of anilines is 1. The average Bonchev–Trinajstić information content (AvgIpc) is 2.90. The van der Waals surface area contributed by atoms with Gasteiger partial charge < -0.3 is 20.5 Å². The summed E-state index contributed by atoms with van der Waals surface area (Å²) in [6.45, 7) is 1.81. The van der Waals surface area contributed by atoms with Gasteiger partial charge in [-0.25, -0.2) is 4.39 Å². The van der Waals surface area contributed by atoms with Crippen LogP contribution in [0.25, 0.3) is 0 Å². The first-order valence-corrected chi connectivity index (χ1v) is 12.1. The lowest BCUT2D eigenvalue weighted by molar-refractivity contribution is -0.116. The Kier molecular flexibility index (Phi) is 6.53. The van der Waals surface area contributed by atoms with Gasteiger partial charge in [-0.05, 0) is 66.8 Å². The second-order valence-electron chi connectivity index (χ2n) is 9.32. The molecule has 0 radical (unpaired) electrons. The van der Waals surface area contributed by atoms with Crippen molar-refractivity contribution in [2.24, 2.45) is 0 Å². The van der Waals surface area contributed by atoms with E-state index in [-0.39, 0.29) is 23.2 Å². The van der Waals surface area contributed by atoms with E-state index in [9.17, 15) is 19.1 Å². The van der Waals surface area contributed by atoms with Crippen LogP contribution < -0.4 is 15.4 Å². The second-order valence-corrected chi connectivity index (χ2v) is 9.32. The third-order valence-electron chi connectivity index (χ3n) is 6.98. The summed E-state index contributed by atoms with van der Waals surface area (Å²) in [5, 5.41) is 16.4. The Labute approximate surface area is 214 Å². The molecule has 1 amide bonds. The van der Waals surface area contributed by atoms with Crippen molar-refractivity contribution in [3.63, 3.8) is 0 Å². The van der Waals surface area contributed by atoms with Crippen molar-refractivity contribution in [1.29, 1.82) is 0 Å². The number of rotatable bonds is 5. The molecule has 3 aromatic carbocycles. The number of ether oxygens (including phenoxy) is 1. The predicted octanol–water partition coefficient (Wildman–Crippen LogP) is 5.54. The van der Waals surface area contributed by atoms with Crippen LogP contribution in [0.15, 0.2) is 95.3 Å². The number of nitrogens with one attached hydrogen (secondary N) is 2. The van der Waals surface area contributed by atoms with E-state index in [1.165, 1.54) is 37.4 Å². The molecule has 2 unspecified atom stereocenters. The molecule has 1 heterocycles. The van der Waals surface area contributed by atoms with Gasteiger partial charge >= 0.3 is 0 Å². The van der Waals surface area contributed by atoms with E-state index < -0.39 is 17.6 Å². The summed E-state index contributed by atoms with van der Waals surface area (Å²) in [4.78, 5) is 27.3. The summed E-state index contributed by atoms with van der Waals surface area (Å²) in [7, 11) is 1.45. The van der Waals surface area contributed by atoms with Gasteiger partial charge in [-0.2, -0.15) is 0 Å². The first-order valence-electron chi connectivity index (χ1n) is 12.1. The Morgan fingerprint density at radius 3 is 2.46 bits per heavy atom. The van der Waals surface area contributed by atoms with Crippen molar-refractivity contribution in [2.75, 3.05) is 12.4 Å². The van der Waals surface area contributed by atoms with Crippen LogP contribution in [0, 0.1) is 5.82 Å². The lowest BCUT2D eigenvalue weighted by Crippen LogP contribution is -2.37. The fraction of sp³-hybridized carbons (Fsp3) is 0.200. The number of ketones is 1. The number of methoxy groups -OCH3 is 1. The Morgan fingerprint density at radius 1 is 1.03 bits per heavy atom. The molecule has 0 bridgehead atoms. The van der Waals surface area contributed by atoms with Crippen molar-refractivity contribution in [3.05, 3.63) is 112 Å². The molecular weight excluding hydrogens is 471 g/mol. The van der Waals surface area contributed by atoms with Gasteiger partial charge in [0.15, 0.2) is 17.3 Å².